The summed E-state index contributed by atoms with van der Waals surface area (Å²) in [5.41, 5.74) is 2.23. The topological polar surface area (TPSA) is 149 Å². The van der Waals surface area contributed by atoms with Gasteiger partial charge in [0, 0.05) is 11.1 Å². The molecule has 2 aromatic carbocycles. The van der Waals surface area contributed by atoms with E-state index in [1.165, 1.54) is 6.07 Å². The van der Waals surface area contributed by atoms with E-state index >= 15 is 0 Å². The Hall–Kier alpha value is -4.61. The van der Waals surface area contributed by atoms with Crippen molar-refractivity contribution in [3.8, 4) is 34.3 Å². The summed E-state index contributed by atoms with van der Waals surface area (Å²) in [6.45, 7) is 2.19. The highest BCUT2D eigenvalue weighted by molar-refractivity contribution is 5.76. The van der Waals surface area contributed by atoms with Crippen LogP contribution in [0.1, 0.15) is 24.1 Å². The molecular weight excluding hydrogens is 442 g/mol. The van der Waals surface area contributed by atoms with Crippen LogP contribution in [0.4, 0.5) is 11.6 Å². The summed E-state index contributed by atoms with van der Waals surface area (Å²) in [5.74, 6) is 1.66. The first-order valence-electron chi connectivity index (χ1n) is 10.4. The van der Waals surface area contributed by atoms with Crippen LogP contribution >= 0.6 is 0 Å². The number of hydrogen-bond acceptors (Lipinski definition) is 10. The number of hydrogen-bond donors (Lipinski definition) is 3. The van der Waals surface area contributed by atoms with Crippen LogP contribution in [0.25, 0.3) is 11.3 Å². The Morgan fingerprint density at radius 2 is 1.91 bits per heavy atom. The molecule has 4 aromatic rings. The van der Waals surface area contributed by atoms with Gasteiger partial charge in [-0.25, -0.2) is 5.10 Å². The molecule has 12 nitrogen and oxygen atoms in total. The Morgan fingerprint density at radius 1 is 1.09 bits per heavy atom. The predicted octanol–water partition coefficient (Wildman–Crippen LogP) is 2.24. The third-order valence-electron chi connectivity index (χ3n) is 5.52. The zero-order valence-corrected chi connectivity index (χ0v) is 18.6. The van der Waals surface area contributed by atoms with Gasteiger partial charge in [0.1, 0.15) is 11.7 Å². The monoisotopic (exact) mass is 463 g/mol. The highest BCUT2D eigenvalue weighted by atomic mass is 16.5. The van der Waals surface area contributed by atoms with Gasteiger partial charge in [-0.1, -0.05) is 11.2 Å². The van der Waals surface area contributed by atoms with Crippen molar-refractivity contribution in [1.29, 1.82) is 0 Å². The molecule has 0 unspecified atom stereocenters. The number of nitrogens with one attached hydrogen (secondary N) is 2. The number of nitrogens with zero attached hydrogens (tertiary/aromatic N) is 5. The first kappa shape index (κ1) is 21.2. The molecule has 5 rings (SSSR count). The second-order valence-corrected chi connectivity index (χ2v) is 7.39. The van der Waals surface area contributed by atoms with Crippen molar-refractivity contribution < 1.29 is 19.3 Å². The molecule has 34 heavy (non-hydrogen) atoms. The fraction of sp³-hybridized carbons (Fsp3) is 0.227. The largest absolute Gasteiger partial charge is 0.504 e. The second kappa shape index (κ2) is 8.39. The molecule has 2 aromatic heterocycles. The molecule has 3 N–H and O–H groups in total. The van der Waals surface area contributed by atoms with Crippen LogP contribution in [0.5, 0.6) is 23.0 Å². The van der Waals surface area contributed by atoms with E-state index in [4.69, 9.17) is 14.2 Å². The second-order valence-electron chi connectivity index (χ2n) is 7.39. The van der Waals surface area contributed by atoms with E-state index in [1.54, 1.807) is 43.2 Å². The van der Waals surface area contributed by atoms with Crippen molar-refractivity contribution in [3.05, 3.63) is 57.9 Å². The number of anilines is 2. The van der Waals surface area contributed by atoms with Crippen molar-refractivity contribution in [1.82, 2.24) is 30.4 Å². The molecular formula is C22H21N7O5. The van der Waals surface area contributed by atoms with Crippen LogP contribution in [0, 0.1) is 0 Å². The Morgan fingerprint density at radius 3 is 2.68 bits per heavy atom. The lowest BCUT2D eigenvalue weighted by Gasteiger charge is -2.28. The third kappa shape index (κ3) is 3.36. The maximum atomic E-state index is 12.8. The number of rotatable bonds is 6. The molecule has 1 aliphatic rings. The van der Waals surface area contributed by atoms with Crippen LogP contribution in [-0.4, -0.2) is 56.3 Å². The quantitative estimate of drug-likeness (QED) is 0.342. The van der Waals surface area contributed by atoms with Crippen molar-refractivity contribution in [2.45, 2.75) is 13.0 Å². The van der Waals surface area contributed by atoms with Crippen molar-refractivity contribution >= 4 is 11.6 Å². The molecule has 0 bridgehead atoms. The van der Waals surface area contributed by atoms with Gasteiger partial charge in [0.25, 0.3) is 5.56 Å². The lowest BCUT2D eigenvalue weighted by molar-refractivity contribution is 0.317. The van der Waals surface area contributed by atoms with Crippen LogP contribution < -0.4 is 25.1 Å². The van der Waals surface area contributed by atoms with Crippen molar-refractivity contribution in [2.75, 3.05) is 26.1 Å². The fourth-order valence-corrected chi connectivity index (χ4v) is 4.02. The van der Waals surface area contributed by atoms with Crippen LogP contribution in [-0.2, 0) is 0 Å². The summed E-state index contributed by atoms with van der Waals surface area (Å²) in [6, 6.07) is 9.66. The standard InChI is InChI=1S/C22H21N7O5/c1-4-34-15-10-12(5-7-13(15)30)20-17-18(11-6-8-14(32-2)16(9-11)33-3)24-25-21(31)19(17)23-22-26-27-28-29(20)22/h5-10,20,30H,4H2,1-3H3,(H,25,31)(H,23,26,28)/t20-/m1/s1. The molecule has 1 atom stereocenters. The molecule has 0 saturated carbocycles. The number of fused-ring (bicyclic) bond motifs is 2. The average Bonchev–Trinajstić information content (AvgIpc) is 3.33. The normalized spacial score (nSPS) is 14.0. The Balaban J connectivity index is 1.77. The smallest absolute Gasteiger partial charge is 0.288 e. The number of phenols is 1. The molecule has 0 radical (unpaired) electrons. The molecule has 0 fully saturated rings. The number of methoxy groups -OCH3 is 2. The number of H-pyrrole nitrogens is 1. The first-order chi connectivity index (χ1) is 16.5. The number of ether oxygens (including phenoxy) is 3. The molecule has 0 saturated heterocycles. The molecule has 3 heterocycles. The van der Waals surface area contributed by atoms with Gasteiger partial charge in [0.2, 0.25) is 5.95 Å². The number of aromatic nitrogens is 6. The van der Waals surface area contributed by atoms with Crippen LogP contribution in [0.3, 0.4) is 0 Å². The van der Waals surface area contributed by atoms with Crippen molar-refractivity contribution in [3.63, 3.8) is 0 Å². The average molecular weight is 463 g/mol. The number of aromatic amines is 1. The maximum Gasteiger partial charge on any atom is 0.288 e. The summed E-state index contributed by atoms with van der Waals surface area (Å²) in [4.78, 5) is 12.8. The number of phenolic OH excluding ortho intramolecular Hbond substituents is 1. The SMILES string of the molecule is CCOc1cc([C@@H]2c3c(-c4ccc(OC)c(OC)c4)n[nH]c(=O)c3Nc3nnnn32)ccc1O. The van der Waals surface area contributed by atoms with Gasteiger partial charge < -0.3 is 24.6 Å². The summed E-state index contributed by atoms with van der Waals surface area (Å²) in [6.07, 6.45) is 0. The molecule has 174 valence electrons. The Bertz CT molecular complexity index is 1430. The fourth-order valence-electron chi connectivity index (χ4n) is 4.02. The minimum absolute atomic E-state index is 0.000782. The molecule has 12 heteroatoms. The summed E-state index contributed by atoms with van der Waals surface area (Å²) in [7, 11) is 3.10. The molecule has 0 amide bonds. The van der Waals surface area contributed by atoms with E-state index in [-0.39, 0.29) is 11.4 Å². The van der Waals surface area contributed by atoms with E-state index in [0.717, 1.165) is 0 Å². The van der Waals surface area contributed by atoms with Gasteiger partial charge in [0.15, 0.2) is 23.0 Å². The number of aromatic hydroxyl groups is 1. The number of tetrazole rings is 1. The Labute approximate surface area is 193 Å². The van der Waals surface area contributed by atoms with Gasteiger partial charge in [-0.15, -0.1) is 0 Å². The lowest BCUT2D eigenvalue weighted by atomic mass is 9.92. The maximum absolute atomic E-state index is 12.8. The van der Waals surface area contributed by atoms with Gasteiger partial charge in [-0.2, -0.15) is 9.78 Å². The van der Waals surface area contributed by atoms with E-state index < -0.39 is 11.6 Å². The third-order valence-corrected chi connectivity index (χ3v) is 5.52. The summed E-state index contributed by atoms with van der Waals surface area (Å²) < 4.78 is 17.9. The minimum atomic E-state index is -0.640. The number of benzene rings is 2. The Kier molecular flexibility index (Phi) is 5.24. The molecule has 1 aliphatic heterocycles. The van der Waals surface area contributed by atoms with Crippen LogP contribution in [0.2, 0.25) is 0 Å². The molecule has 0 aliphatic carbocycles. The lowest BCUT2D eigenvalue weighted by Crippen LogP contribution is -2.29. The zero-order valence-electron chi connectivity index (χ0n) is 18.6. The van der Waals surface area contributed by atoms with E-state index in [9.17, 15) is 9.90 Å². The first-order valence-corrected chi connectivity index (χ1v) is 10.4. The van der Waals surface area contributed by atoms with E-state index in [2.05, 4.69) is 31.0 Å². The molecule has 0 spiro atoms. The van der Waals surface area contributed by atoms with Gasteiger partial charge >= 0.3 is 0 Å². The highest BCUT2D eigenvalue weighted by Gasteiger charge is 2.35. The van der Waals surface area contributed by atoms with Crippen molar-refractivity contribution in [2.24, 2.45) is 0 Å². The summed E-state index contributed by atoms with van der Waals surface area (Å²) >= 11 is 0. The predicted molar refractivity (Wildman–Crippen MR) is 121 cm³/mol. The van der Waals surface area contributed by atoms with E-state index in [0.29, 0.717) is 52.2 Å². The zero-order chi connectivity index (χ0) is 23.8. The highest BCUT2D eigenvalue weighted by Crippen LogP contribution is 2.43. The van der Waals surface area contributed by atoms with Crippen LogP contribution in [0.15, 0.2) is 41.2 Å². The van der Waals surface area contributed by atoms with E-state index in [1.807, 2.05) is 13.0 Å². The van der Waals surface area contributed by atoms with Gasteiger partial charge in [-0.05, 0) is 53.2 Å². The minimum Gasteiger partial charge on any atom is -0.504 e. The van der Waals surface area contributed by atoms with Gasteiger partial charge in [0.05, 0.1) is 26.5 Å². The van der Waals surface area contributed by atoms with Gasteiger partial charge in [-0.3, -0.25) is 4.79 Å². The summed E-state index contributed by atoms with van der Waals surface area (Å²) in [5, 5.41) is 32.1.